The zero-order chi connectivity index (χ0) is 18.2. The molecule has 0 bridgehead atoms. The fraction of sp³-hybridized carbons (Fsp3) is 0.524. The van der Waals surface area contributed by atoms with Crippen molar-refractivity contribution in [1.82, 2.24) is 24.9 Å². The molecule has 1 unspecified atom stereocenters. The maximum Gasteiger partial charge on any atom is 0.243 e. The molecule has 0 amide bonds. The Morgan fingerprint density at radius 1 is 1.11 bits per heavy atom. The first-order valence-electron chi connectivity index (χ1n) is 10.1. The first kappa shape index (κ1) is 17.0. The highest BCUT2D eigenvalue weighted by Gasteiger charge is 2.30. The van der Waals surface area contributed by atoms with Crippen molar-refractivity contribution >= 4 is 10.9 Å². The molecule has 3 aromatic rings. The van der Waals surface area contributed by atoms with Gasteiger partial charge in [0, 0.05) is 29.7 Å². The van der Waals surface area contributed by atoms with Crippen molar-refractivity contribution in [3.05, 3.63) is 47.2 Å². The number of likely N-dealkylation sites (tertiary alicyclic amines) is 2. The summed E-state index contributed by atoms with van der Waals surface area (Å²) in [5.41, 5.74) is 3.90. The van der Waals surface area contributed by atoms with E-state index in [4.69, 9.17) is 4.52 Å². The Morgan fingerprint density at radius 2 is 2.00 bits per heavy atom. The van der Waals surface area contributed by atoms with Gasteiger partial charge in [-0.15, -0.1) is 0 Å². The molecular formula is C21H27N5O. The summed E-state index contributed by atoms with van der Waals surface area (Å²) in [5.74, 6) is 1.48. The second-order valence-corrected chi connectivity index (χ2v) is 8.01. The lowest BCUT2D eigenvalue weighted by Gasteiger charge is -2.21. The van der Waals surface area contributed by atoms with Crippen molar-refractivity contribution in [3.63, 3.8) is 0 Å². The highest BCUT2D eigenvalue weighted by Crippen LogP contribution is 2.32. The second-order valence-electron chi connectivity index (χ2n) is 8.01. The van der Waals surface area contributed by atoms with E-state index in [0.717, 1.165) is 37.8 Å². The van der Waals surface area contributed by atoms with Gasteiger partial charge in [-0.2, -0.15) is 4.98 Å². The summed E-state index contributed by atoms with van der Waals surface area (Å²) in [7, 11) is 0. The Hall–Kier alpha value is -2.18. The van der Waals surface area contributed by atoms with Gasteiger partial charge in [0.15, 0.2) is 5.82 Å². The second kappa shape index (κ2) is 7.09. The zero-order valence-corrected chi connectivity index (χ0v) is 15.9. The van der Waals surface area contributed by atoms with Gasteiger partial charge in [0.05, 0.1) is 6.04 Å². The first-order chi connectivity index (χ1) is 13.2. The number of nitrogens with zero attached hydrogens (tertiary/aromatic N) is 4. The zero-order valence-electron chi connectivity index (χ0n) is 15.9. The molecule has 2 aliphatic rings. The van der Waals surface area contributed by atoms with Crippen LogP contribution >= 0.6 is 0 Å². The lowest BCUT2D eigenvalue weighted by atomic mass is 10.1. The van der Waals surface area contributed by atoms with Gasteiger partial charge >= 0.3 is 0 Å². The summed E-state index contributed by atoms with van der Waals surface area (Å²) in [6.45, 7) is 7.38. The molecule has 1 N–H and O–H groups in total. The molecule has 27 heavy (non-hydrogen) atoms. The topological polar surface area (TPSA) is 61.2 Å². The van der Waals surface area contributed by atoms with E-state index in [1.54, 1.807) is 0 Å². The van der Waals surface area contributed by atoms with Gasteiger partial charge in [-0.3, -0.25) is 9.80 Å². The minimum atomic E-state index is 0.249. The predicted octanol–water partition coefficient (Wildman–Crippen LogP) is 3.79. The van der Waals surface area contributed by atoms with Crippen molar-refractivity contribution in [2.75, 3.05) is 19.6 Å². The molecule has 6 heteroatoms. The quantitative estimate of drug-likeness (QED) is 0.745. The van der Waals surface area contributed by atoms with E-state index in [1.807, 2.05) is 6.92 Å². The Bertz CT molecular complexity index is 924. The van der Waals surface area contributed by atoms with Crippen molar-refractivity contribution in [2.45, 2.75) is 51.7 Å². The van der Waals surface area contributed by atoms with Crippen LogP contribution in [0.1, 0.15) is 54.7 Å². The highest BCUT2D eigenvalue weighted by molar-refractivity contribution is 5.81. The van der Waals surface area contributed by atoms with Crippen LogP contribution in [0.5, 0.6) is 0 Å². The molecule has 2 aromatic heterocycles. The minimum Gasteiger partial charge on any atom is -0.357 e. The Morgan fingerprint density at radius 3 is 2.81 bits per heavy atom. The molecule has 0 spiro atoms. The van der Waals surface area contributed by atoms with Crippen LogP contribution in [-0.4, -0.2) is 44.6 Å². The number of rotatable bonds is 5. The van der Waals surface area contributed by atoms with Crippen LogP contribution in [0, 0.1) is 6.92 Å². The number of aryl methyl sites for hydroxylation is 1. The van der Waals surface area contributed by atoms with Crippen LogP contribution in [-0.2, 0) is 13.1 Å². The third-order valence-electron chi connectivity index (χ3n) is 5.91. The number of nitrogens with one attached hydrogen (secondary N) is 1. The molecule has 2 saturated heterocycles. The van der Waals surface area contributed by atoms with Gasteiger partial charge in [-0.1, -0.05) is 11.2 Å². The minimum absolute atomic E-state index is 0.249. The molecule has 0 radical (unpaired) electrons. The summed E-state index contributed by atoms with van der Waals surface area (Å²) >= 11 is 0. The van der Waals surface area contributed by atoms with Crippen molar-refractivity contribution in [2.24, 2.45) is 0 Å². The number of hydrogen-bond donors (Lipinski definition) is 1. The number of aromatic amines is 1. The number of H-pyrrole nitrogens is 1. The van der Waals surface area contributed by atoms with Crippen molar-refractivity contribution in [1.29, 1.82) is 0 Å². The summed E-state index contributed by atoms with van der Waals surface area (Å²) in [5, 5.41) is 5.28. The summed E-state index contributed by atoms with van der Waals surface area (Å²) in [6, 6.07) is 9.36. The monoisotopic (exact) mass is 365 g/mol. The Balaban J connectivity index is 1.32. The molecule has 2 fully saturated rings. The Kier molecular flexibility index (Phi) is 4.45. The standard InChI is InChI=1S/C21H27N5O/c1-15-22-21(27-24-15)20-5-4-10-26(20)13-16-6-7-19-17(11-16)12-18(23-19)14-25-8-2-3-9-25/h6-7,11-12,20,23H,2-5,8-10,13-14H2,1H3. The van der Waals surface area contributed by atoms with Crippen LogP contribution in [0.15, 0.2) is 28.8 Å². The normalized spacial score (nSPS) is 21.6. The molecule has 0 aliphatic carbocycles. The van der Waals surface area contributed by atoms with Gasteiger partial charge in [0.1, 0.15) is 0 Å². The maximum absolute atomic E-state index is 5.44. The summed E-state index contributed by atoms with van der Waals surface area (Å²) in [6.07, 6.45) is 4.94. The van der Waals surface area contributed by atoms with Crippen LogP contribution < -0.4 is 0 Å². The lowest BCUT2D eigenvalue weighted by molar-refractivity contribution is 0.201. The van der Waals surface area contributed by atoms with Gasteiger partial charge in [0.25, 0.3) is 0 Å². The number of hydrogen-bond acceptors (Lipinski definition) is 5. The average molecular weight is 365 g/mol. The average Bonchev–Trinajstić information content (AvgIpc) is 3.42. The van der Waals surface area contributed by atoms with Gasteiger partial charge < -0.3 is 9.51 Å². The largest absolute Gasteiger partial charge is 0.357 e. The molecule has 2 aliphatic heterocycles. The van der Waals surface area contributed by atoms with Crippen LogP contribution in [0.4, 0.5) is 0 Å². The molecule has 4 heterocycles. The summed E-state index contributed by atoms with van der Waals surface area (Å²) in [4.78, 5) is 13.0. The number of aromatic nitrogens is 3. The van der Waals surface area contributed by atoms with E-state index in [0.29, 0.717) is 0 Å². The van der Waals surface area contributed by atoms with Gasteiger partial charge in [0.2, 0.25) is 5.89 Å². The number of fused-ring (bicyclic) bond motifs is 1. The first-order valence-corrected chi connectivity index (χ1v) is 10.1. The van der Waals surface area contributed by atoms with Gasteiger partial charge in [-0.05, 0) is 76.0 Å². The van der Waals surface area contributed by atoms with E-state index in [1.165, 1.54) is 54.5 Å². The molecular weight excluding hydrogens is 338 g/mol. The predicted molar refractivity (Wildman–Crippen MR) is 104 cm³/mol. The van der Waals surface area contributed by atoms with Crippen LogP contribution in [0.3, 0.4) is 0 Å². The molecule has 5 rings (SSSR count). The smallest absolute Gasteiger partial charge is 0.243 e. The van der Waals surface area contributed by atoms with E-state index >= 15 is 0 Å². The van der Waals surface area contributed by atoms with Crippen molar-refractivity contribution in [3.8, 4) is 0 Å². The van der Waals surface area contributed by atoms with E-state index in [2.05, 4.69) is 49.2 Å². The van der Waals surface area contributed by atoms with Gasteiger partial charge in [-0.25, -0.2) is 0 Å². The molecule has 1 aromatic carbocycles. The Labute approximate surface area is 159 Å². The van der Waals surface area contributed by atoms with E-state index in [-0.39, 0.29) is 6.04 Å². The lowest BCUT2D eigenvalue weighted by Crippen LogP contribution is -2.23. The molecule has 1 atom stereocenters. The van der Waals surface area contributed by atoms with Crippen LogP contribution in [0.25, 0.3) is 10.9 Å². The van der Waals surface area contributed by atoms with E-state index < -0.39 is 0 Å². The highest BCUT2D eigenvalue weighted by atomic mass is 16.5. The SMILES string of the molecule is Cc1noc(C2CCCN2Cc2ccc3[nH]c(CN4CCCC4)cc3c2)n1. The third kappa shape index (κ3) is 3.51. The molecule has 0 saturated carbocycles. The summed E-state index contributed by atoms with van der Waals surface area (Å²) < 4.78 is 5.44. The maximum atomic E-state index is 5.44. The van der Waals surface area contributed by atoms with Crippen LogP contribution in [0.2, 0.25) is 0 Å². The van der Waals surface area contributed by atoms with Crippen molar-refractivity contribution < 1.29 is 4.52 Å². The number of benzene rings is 1. The molecule has 6 nitrogen and oxygen atoms in total. The third-order valence-corrected chi connectivity index (χ3v) is 5.91. The van der Waals surface area contributed by atoms with E-state index in [9.17, 15) is 0 Å². The molecule has 142 valence electrons. The fourth-order valence-electron chi connectivity index (χ4n) is 4.59. The fourth-order valence-corrected chi connectivity index (χ4v) is 4.59.